The van der Waals surface area contributed by atoms with E-state index in [2.05, 4.69) is 10.3 Å². The number of rotatable bonds is 4. The summed E-state index contributed by atoms with van der Waals surface area (Å²) in [6, 6.07) is 9.61. The molecule has 0 atom stereocenters. The second-order valence-corrected chi connectivity index (χ2v) is 5.14. The number of carboxylic acids is 2. The lowest BCUT2D eigenvalue weighted by Crippen LogP contribution is -2.12. The molecule has 0 aliphatic carbocycles. The van der Waals surface area contributed by atoms with Crippen LogP contribution in [0, 0.1) is 0 Å². The maximum absolute atomic E-state index is 9.10. The molecule has 0 saturated carbocycles. The van der Waals surface area contributed by atoms with Crippen molar-refractivity contribution in [2.45, 2.75) is 13.1 Å². The molecule has 1 aromatic heterocycles. The van der Waals surface area contributed by atoms with Gasteiger partial charge in [0.05, 0.1) is 10.0 Å². The standard InChI is InChI=1S/C13H12Cl2N2.C2H2O4/c14-12-4-3-10(6-13(12)15)7-17-9-11-2-1-5-16-8-11;3-1(4)2(5)6/h1-6,8,17H,7,9H2;(H,3,4)(H,5,6). The zero-order valence-corrected chi connectivity index (χ0v) is 13.4. The third-order valence-electron chi connectivity index (χ3n) is 2.55. The Balaban J connectivity index is 0.000000379. The van der Waals surface area contributed by atoms with Gasteiger partial charge in [-0.2, -0.15) is 0 Å². The molecule has 3 N–H and O–H groups in total. The normalized spacial score (nSPS) is 9.65. The van der Waals surface area contributed by atoms with Crippen LogP contribution in [0.1, 0.15) is 11.1 Å². The number of carboxylic acid groups (broad SMARTS) is 2. The number of hydrogen-bond acceptors (Lipinski definition) is 4. The Bertz CT molecular complexity index is 654. The molecule has 0 unspecified atom stereocenters. The minimum Gasteiger partial charge on any atom is -0.473 e. The molecule has 0 radical (unpaired) electrons. The first kappa shape index (κ1) is 18.9. The Morgan fingerprint density at radius 3 is 2.17 bits per heavy atom. The molecule has 1 aromatic carbocycles. The molecular formula is C15H14Cl2N2O4. The van der Waals surface area contributed by atoms with E-state index in [1.54, 1.807) is 6.20 Å². The summed E-state index contributed by atoms with van der Waals surface area (Å²) in [5, 5.41) is 19.3. The highest BCUT2D eigenvalue weighted by Gasteiger charge is 2.04. The second kappa shape index (κ2) is 9.78. The van der Waals surface area contributed by atoms with Crippen LogP contribution in [-0.2, 0) is 22.7 Å². The predicted octanol–water partition coefficient (Wildman–Crippen LogP) is 2.83. The summed E-state index contributed by atoms with van der Waals surface area (Å²) in [5.74, 6) is -3.65. The first-order valence-corrected chi connectivity index (χ1v) is 7.15. The summed E-state index contributed by atoms with van der Waals surface area (Å²) in [5.41, 5.74) is 2.27. The van der Waals surface area contributed by atoms with Crippen LogP contribution in [0.2, 0.25) is 10.0 Å². The summed E-state index contributed by atoms with van der Waals surface area (Å²) in [4.78, 5) is 22.3. The number of nitrogens with zero attached hydrogens (tertiary/aromatic N) is 1. The fourth-order valence-electron chi connectivity index (χ4n) is 1.50. The van der Waals surface area contributed by atoms with Crippen molar-refractivity contribution in [2.75, 3.05) is 0 Å². The number of nitrogens with one attached hydrogen (secondary N) is 1. The number of aliphatic carboxylic acids is 2. The summed E-state index contributed by atoms with van der Waals surface area (Å²) >= 11 is 11.8. The SMILES string of the molecule is Clc1ccc(CNCc2cccnc2)cc1Cl.O=C(O)C(=O)O. The van der Waals surface area contributed by atoms with Crippen molar-refractivity contribution >= 4 is 35.1 Å². The highest BCUT2D eigenvalue weighted by Crippen LogP contribution is 2.22. The minimum absolute atomic E-state index is 0.586. The van der Waals surface area contributed by atoms with Gasteiger partial charge in [0, 0.05) is 25.5 Å². The number of hydrogen-bond donors (Lipinski definition) is 3. The van der Waals surface area contributed by atoms with Gasteiger partial charge < -0.3 is 15.5 Å². The fourth-order valence-corrected chi connectivity index (χ4v) is 1.82. The Morgan fingerprint density at radius 1 is 1.00 bits per heavy atom. The highest BCUT2D eigenvalue weighted by atomic mass is 35.5. The summed E-state index contributed by atoms with van der Waals surface area (Å²) in [7, 11) is 0. The van der Waals surface area contributed by atoms with E-state index in [0.717, 1.165) is 24.2 Å². The number of aromatic nitrogens is 1. The van der Waals surface area contributed by atoms with Gasteiger partial charge in [-0.3, -0.25) is 4.98 Å². The summed E-state index contributed by atoms with van der Waals surface area (Å²) in [6.07, 6.45) is 3.62. The van der Waals surface area contributed by atoms with Crippen LogP contribution in [0.25, 0.3) is 0 Å². The largest absolute Gasteiger partial charge is 0.473 e. The lowest BCUT2D eigenvalue weighted by Gasteiger charge is -2.05. The Kier molecular flexibility index (Phi) is 8.04. The quantitative estimate of drug-likeness (QED) is 0.728. The third-order valence-corrected chi connectivity index (χ3v) is 3.29. The average Bonchev–Trinajstić information content (AvgIpc) is 2.52. The number of carbonyl (C=O) groups is 2. The van der Waals surface area contributed by atoms with Gasteiger partial charge in [-0.25, -0.2) is 9.59 Å². The van der Waals surface area contributed by atoms with Crippen LogP contribution in [-0.4, -0.2) is 27.1 Å². The van der Waals surface area contributed by atoms with Crippen LogP contribution >= 0.6 is 23.2 Å². The van der Waals surface area contributed by atoms with Crippen LogP contribution in [0.4, 0.5) is 0 Å². The molecule has 2 aromatic rings. The molecule has 0 bridgehead atoms. The molecule has 8 heteroatoms. The molecule has 0 saturated heterocycles. The molecule has 1 heterocycles. The molecule has 0 aliphatic heterocycles. The third kappa shape index (κ3) is 7.60. The summed E-state index contributed by atoms with van der Waals surface area (Å²) < 4.78 is 0. The van der Waals surface area contributed by atoms with Gasteiger partial charge >= 0.3 is 11.9 Å². The Morgan fingerprint density at radius 2 is 1.65 bits per heavy atom. The van der Waals surface area contributed by atoms with Gasteiger partial charge in [-0.1, -0.05) is 35.3 Å². The maximum atomic E-state index is 9.10. The molecule has 23 heavy (non-hydrogen) atoms. The zero-order chi connectivity index (χ0) is 17.2. The molecule has 2 rings (SSSR count). The summed E-state index contributed by atoms with van der Waals surface area (Å²) in [6.45, 7) is 1.54. The predicted molar refractivity (Wildman–Crippen MR) is 86.5 cm³/mol. The van der Waals surface area contributed by atoms with E-state index in [1.165, 1.54) is 0 Å². The van der Waals surface area contributed by atoms with Gasteiger partial charge in [0.25, 0.3) is 0 Å². The molecule has 0 fully saturated rings. The fraction of sp³-hybridized carbons (Fsp3) is 0.133. The Hall–Kier alpha value is -2.15. The van der Waals surface area contributed by atoms with E-state index >= 15 is 0 Å². The van der Waals surface area contributed by atoms with Gasteiger partial charge in [0.1, 0.15) is 0 Å². The monoisotopic (exact) mass is 356 g/mol. The van der Waals surface area contributed by atoms with Crippen LogP contribution < -0.4 is 5.32 Å². The average molecular weight is 357 g/mol. The topological polar surface area (TPSA) is 99.5 Å². The first-order chi connectivity index (χ1) is 10.9. The van der Waals surface area contributed by atoms with Crippen molar-refractivity contribution in [2.24, 2.45) is 0 Å². The van der Waals surface area contributed by atoms with E-state index < -0.39 is 11.9 Å². The van der Waals surface area contributed by atoms with Crippen molar-refractivity contribution in [3.63, 3.8) is 0 Å². The van der Waals surface area contributed by atoms with Gasteiger partial charge in [-0.05, 0) is 29.3 Å². The van der Waals surface area contributed by atoms with Gasteiger partial charge in [-0.15, -0.1) is 0 Å². The molecule has 0 spiro atoms. The number of benzene rings is 1. The van der Waals surface area contributed by atoms with E-state index in [4.69, 9.17) is 43.0 Å². The minimum atomic E-state index is -1.82. The van der Waals surface area contributed by atoms with E-state index in [9.17, 15) is 0 Å². The van der Waals surface area contributed by atoms with E-state index in [-0.39, 0.29) is 0 Å². The highest BCUT2D eigenvalue weighted by molar-refractivity contribution is 6.42. The van der Waals surface area contributed by atoms with E-state index in [1.807, 2.05) is 36.5 Å². The van der Waals surface area contributed by atoms with Crippen LogP contribution in [0.15, 0.2) is 42.7 Å². The van der Waals surface area contributed by atoms with Crippen LogP contribution in [0.3, 0.4) is 0 Å². The first-order valence-electron chi connectivity index (χ1n) is 6.40. The van der Waals surface area contributed by atoms with Gasteiger partial charge in [0.2, 0.25) is 0 Å². The second-order valence-electron chi connectivity index (χ2n) is 4.32. The van der Waals surface area contributed by atoms with Crippen LogP contribution in [0.5, 0.6) is 0 Å². The van der Waals surface area contributed by atoms with Gasteiger partial charge in [0.15, 0.2) is 0 Å². The van der Waals surface area contributed by atoms with E-state index in [0.29, 0.717) is 10.0 Å². The van der Waals surface area contributed by atoms with Crippen molar-refractivity contribution in [3.8, 4) is 0 Å². The molecule has 0 amide bonds. The van der Waals surface area contributed by atoms with Crippen molar-refractivity contribution in [1.29, 1.82) is 0 Å². The lowest BCUT2D eigenvalue weighted by molar-refractivity contribution is -0.159. The van der Waals surface area contributed by atoms with Crippen molar-refractivity contribution in [1.82, 2.24) is 10.3 Å². The molecule has 6 nitrogen and oxygen atoms in total. The van der Waals surface area contributed by atoms with Crippen molar-refractivity contribution in [3.05, 3.63) is 63.9 Å². The zero-order valence-electron chi connectivity index (χ0n) is 11.9. The lowest BCUT2D eigenvalue weighted by atomic mass is 10.2. The van der Waals surface area contributed by atoms with Crippen molar-refractivity contribution < 1.29 is 19.8 Å². The molecular weight excluding hydrogens is 343 g/mol. The molecule has 122 valence electrons. The smallest absolute Gasteiger partial charge is 0.414 e. The Labute approximate surface area is 142 Å². The number of pyridine rings is 1. The molecule has 0 aliphatic rings. The number of halogens is 2. The maximum Gasteiger partial charge on any atom is 0.414 e.